The van der Waals surface area contributed by atoms with E-state index in [0.29, 0.717) is 42.8 Å². The summed E-state index contributed by atoms with van der Waals surface area (Å²) in [5, 5.41) is 30.4. The average Bonchev–Trinajstić information content (AvgIpc) is 3.13. The van der Waals surface area contributed by atoms with Gasteiger partial charge in [0.05, 0.1) is 24.4 Å². The van der Waals surface area contributed by atoms with E-state index < -0.39 is 17.8 Å². The van der Waals surface area contributed by atoms with Gasteiger partial charge in [-0.1, -0.05) is 44.1 Å². The first-order chi connectivity index (χ1) is 15.9. The zero-order valence-corrected chi connectivity index (χ0v) is 21.7. The molecule has 0 heterocycles. The first kappa shape index (κ1) is 27.2. The molecule has 0 spiro atoms. The van der Waals surface area contributed by atoms with Crippen molar-refractivity contribution in [2.75, 3.05) is 6.61 Å². The smallest absolute Gasteiger partial charge is 0.302 e. The second kappa shape index (κ2) is 11.1. The van der Waals surface area contributed by atoms with Crippen LogP contribution in [0.3, 0.4) is 0 Å². The van der Waals surface area contributed by atoms with Crippen LogP contribution in [0.2, 0.25) is 0 Å². The minimum atomic E-state index is -0.677. The van der Waals surface area contributed by atoms with Crippen molar-refractivity contribution in [3.05, 3.63) is 35.5 Å². The zero-order valence-electron chi connectivity index (χ0n) is 21.7. The van der Waals surface area contributed by atoms with Crippen LogP contribution in [0.4, 0.5) is 0 Å². The molecule has 3 fully saturated rings. The number of fused-ring (bicyclic) bond motifs is 1. The molecular formula is C29H46O5. The quantitative estimate of drug-likeness (QED) is 0.418. The second-order valence-corrected chi connectivity index (χ2v) is 11.9. The third kappa shape index (κ3) is 6.41. The van der Waals surface area contributed by atoms with E-state index in [9.17, 15) is 20.1 Å². The van der Waals surface area contributed by atoms with E-state index in [-0.39, 0.29) is 11.4 Å². The summed E-state index contributed by atoms with van der Waals surface area (Å²) in [5.74, 6) is 1.16. The monoisotopic (exact) mass is 474 g/mol. The molecule has 0 amide bonds. The predicted molar refractivity (Wildman–Crippen MR) is 135 cm³/mol. The molecule has 34 heavy (non-hydrogen) atoms. The molecule has 3 saturated carbocycles. The Bertz CT molecular complexity index is 804. The molecule has 192 valence electrons. The molecule has 5 nitrogen and oxygen atoms in total. The summed E-state index contributed by atoms with van der Waals surface area (Å²) in [5.41, 5.74) is 2.38. The number of aliphatic hydroxyl groups excluding tert-OH is 2. The van der Waals surface area contributed by atoms with Crippen molar-refractivity contribution in [3.8, 4) is 0 Å². The van der Waals surface area contributed by atoms with Crippen LogP contribution in [-0.2, 0) is 9.53 Å². The maximum Gasteiger partial charge on any atom is 0.302 e. The van der Waals surface area contributed by atoms with Gasteiger partial charge in [0.15, 0.2) is 0 Å². The van der Waals surface area contributed by atoms with Gasteiger partial charge in [-0.25, -0.2) is 0 Å². The van der Waals surface area contributed by atoms with Crippen LogP contribution in [0.25, 0.3) is 0 Å². The summed E-state index contributed by atoms with van der Waals surface area (Å²) in [6, 6.07) is 0. The number of aliphatic hydroxyl groups is 3. The summed E-state index contributed by atoms with van der Waals surface area (Å²) >= 11 is 0. The SMILES string of the molecule is C=C1/C(=C\C=C2/CCC[C@]3(COC(C)=O)[C@@H]([C@H](C)CCCC(C)(C)O)CC[C@@H]23)C[C@@H](O)C[C@@H]1O. The summed E-state index contributed by atoms with van der Waals surface area (Å²) in [6.45, 7) is 12.1. The molecule has 3 N–H and O–H groups in total. The van der Waals surface area contributed by atoms with Crippen molar-refractivity contribution in [2.45, 2.75) is 110 Å². The van der Waals surface area contributed by atoms with Crippen molar-refractivity contribution in [3.63, 3.8) is 0 Å². The van der Waals surface area contributed by atoms with Gasteiger partial charge in [0.25, 0.3) is 0 Å². The van der Waals surface area contributed by atoms with E-state index in [1.807, 2.05) is 13.8 Å². The Labute approximate surface area is 206 Å². The number of hydrogen-bond donors (Lipinski definition) is 3. The van der Waals surface area contributed by atoms with Gasteiger partial charge in [-0.3, -0.25) is 4.79 Å². The average molecular weight is 475 g/mol. The molecule has 6 atom stereocenters. The van der Waals surface area contributed by atoms with Crippen molar-refractivity contribution in [2.24, 2.45) is 23.2 Å². The minimum Gasteiger partial charge on any atom is -0.465 e. The third-order valence-corrected chi connectivity index (χ3v) is 8.70. The molecule has 3 rings (SSSR count). The first-order valence-corrected chi connectivity index (χ1v) is 13.2. The third-order valence-electron chi connectivity index (χ3n) is 8.70. The van der Waals surface area contributed by atoms with E-state index in [1.54, 1.807) is 0 Å². The Morgan fingerprint density at radius 2 is 2.03 bits per heavy atom. The molecule has 0 aromatic heterocycles. The number of hydrogen-bond acceptors (Lipinski definition) is 5. The van der Waals surface area contributed by atoms with Crippen LogP contribution in [0.15, 0.2) is 35.5 Å². The lowest BCUT2D eigenvalue weighted by atomic mass is 9.60. The van der Waals surface area contributed by atoms with Crippen LogP contribution in [-0.4, -0.2) is 45.7 Å². The molecule has 0 unspecified atom stereocenters. The van der Waals surface area contributed by atoms with Gasteiger partial charge in [-0.2, -0.15) is 0 Å². The summed E-state index contributed by atoms with van der Waals surface area (Å²) in [6.07, 6.45) is 12.2. The fourth-order valence-electron chi connectivity index (χ4n) is 6.98. The summed E-state index contributed by atoms with van der Waals surface area (Å²) < 4.78 is 5.71. The van der Waals surface area contributed by atoms with Crippen LogP contribution >= 0.6 is 0 Å². The topological polar surface area (TPSA) is 87.0 Å². The van der Waals surface area contributed by atoms with E-state index in [1.165, 1.54) is 12.5 Å². The molecule has 5 heteroatoms. The number of ether oxygens (including phenoxy) is 1. The van der Waals surface area contributed by atoms with Crippen LogP contribution in [0.1, 0.15) is 91.9 Å². The number of carbonyl (C=O) groups is 1. The molecular weight excluding hydrogens is 428 g/mol. The van der Waals surface area contributed by atoms with Crippen molar-refractivity contribution in [1.29, 1.82) is 0 Å². The molecule has 3 aliphatic rings. The molecule has 0 aromatic rings. The van der Waals surface area contributed by atoms with E-state index >= 15 is 0 Å². The lowest BCUT2D eigenvalue weighted by molar-refractivity contribution is -0.148. The predicted octanol–water partition coefficient (Wildman–Crippen LogP) is 5.25. The molecule has 0 bridgehead atoms. The number of carbonyl (C=O) groups excluding carboxylic acids is 1. The number of rotatable bonds is 8. The Morgan fingerprint density at radius 3 is 2.71 bits per heavy atom. The molecule has 0 saturated heterocycles. The normalized spacial score (nSPS) is 35.4. The van der Waals surface area contributed by atoms with E-state index in [0.717, 1.165) is 56.9 Å². The highest BCUT2D eigenvalue weighted by molar-refractivity contribution is 5.66. The Balaban J connectivity index is 1.83. The largest absolute Gasteiger partial charge is 0.465 e. The Morgan fingerprint density at radius 1 is 1.29 bits per heavy atom. The van der Waals surface area contributed by atoms with Gasteiger partial charge in [0.1, 0.15) is 0 Å². The standard InChI is InChI=1S/C29H46O5/c1-19(8-6-14-28(4,5)33)25-12-13-26-22(9-7-15-29(25,26)18-34-21(3)30)10-11-23-16-24(31)17-27(32)20(23)2/h10-11,19,24-27,31-33H,2,6-9,12-18H2,1,3-5H3/b22-10+,23-11-/t19-,24-,25-,26+,27+,29+/m1/s1. The first-order valence-electron chi connectivity index (χ1n) is 13.2. The minimum absolute atomic E-state index is 0.0367. The molecule has 0 aromatic carbocycles. The zero-order chi connectivity index (χ0) is 25.1. The fourth-order valence-corrected chi connectivity index (χ4v) is 6.98. The van der Waals surface area contributed by atoms with Gasteiger partial charge in [-0.15, -0.1) is 0 Å². The van der Waals surface area contributed by atoms with Gasteiger partial charge >= 0.3 is 5.97 Å². The van der Waals surface area contributed by atoms with Crippen LogP contribution in [0.5, 0.6) is 0 Å². The Kier molecular flexibility index (Phi) is 8.86. The lowest BCUT2D eigenvalue weighted by Gasteiger charge is -2.46. The molecule has 0 radical (unpaired) electrons. The van der Waals surface area contributed by atoms with Crippen LogP contribution in [0, 0.1) is 23.2 Å². The molecule has 0 aliphatic heterocycles. The van der Waals surface area contributed by atoms with Gasteiger partial charge in [-0.05, 0) is 87.7 Å². The highest BCUT2D eigenvalue weighted by Gasteiger charge is 2.54. The van der Waals surface area contributed by atoms with Crippen molar-refractivity contribution < 1.29 is 24.9 Å². The summed E-state index contributed by atoms with van der Waals surface area (Å²) in [4.78, 5) is 11.8. The van der Waals surface area contributed by atoms with Crippen molar-refractivity contribution in [1.82, 2.24) is 0 Å². The Hall–Kier alpha value is -1.43. The maximum absolute atomic E-state index is 11.8. The lowest BCUT2D eigenvalue weighted by Crippen LogP contribution is -2.43. The maximum atomic E-state index is 11.8. The van der Waals surface area contributed by atoms with E-state index in [4.69, 9.17) is 4.74 Å². The van der Waals surface area contributed by atoms with Crippen LogP contribution < -0.4 is 0 Å². The van der Waals surface area contributed by atoms with Gasteiger partial charge in [0.2, 0.25) is 0 Å². The summed E-state index contributed by atoms with van der Waals surface area (Å²) in [7, 11) is 0. The number of allylic oxidation sites excluding steroid dienone is 3. The van der Waals surface area contributed by atoms with Gasteiger partial charge in [0, 0.05) is 18.8 Å². The van der Waals surface area contributed by atoms with E-state index in [2.05, 4.69) is 25.7 Å². The molecule has 3 aliphatic carbocycles. The fraction of sp³-hybridized carbons (Fsp3) is 0.759. The second-order valence-electron chi connectivity index (χ2n) is 11.9. The number of esters is 1. The highest BCUT2D eigenvalue weighted by Crippen LogP contribution is 2.60. The van der Waals surface area contributed by atoms with Crippen molar-refractivity contribution >= 4 is 5.97 Å². The van der Waals surface area contributed by atoms with Gasteiger partial charge < -0.3 is 20.1 Å². The highest BCUT2D eigenvalue weighted by atomic mass is 16.5.